The average molecular weight is 302 g/mol. The second-order valence-corrected chi connectivity index (χ2v) is 5.37. The minimum absolute atomic E-state index is 0.273. The van der Waals surface area contributed by atoms with Crippen LogP contribution < -0.4 is 0 Å². The highest BCUT2D eigenvalue weighted by molar-refractivity contribution is 6.09. The third kappa shape index (κ3) is 2.55. The molecule has 2 aromatic carbocycles. The molecule has 0 aliphatic rings. The molecule has 0 saturated heterocycles. The SMILES string of the molecule is O=C(OCc1ccccc1)c1ccc2[nH]c3cnccc3c2c1. The summed E-state index contributed by atoms with van der Waals surface area (Å²) >= 11 is 0. The number of fused-ring (bicyclic) bond motifs is 3. The number of pyridine rings is 1. The van der Waals surface area contributed by atoms with Crippen LogP contribution in [0.3, 0.4) is 0 Å². The van der Waals surface area contributed by atoms with Crippen molar-refractivity contribution in [3.8, 4) is 0 Å². The zero-order chi connectivity index (χ0) is 15.6. The Bertz CT molecular complexity index is 990. The molecular formula is C19H14N2O2. The van der Waals surface area contributed by atoms with Crippen LogP contribution in [0.5, 0.6) is 0 Å². The molecule has 0 unspecified atom stereocenters. The molecule has 4 aromatic rings. The monoisotopic (exact) mass is 302 g/mol. The third-order valence-corrected chi connectivity index (χ3v) is 3.85. The van der Waals surface area contributed by atoms with E-state index in [4.69, 9.17) is 4.74 Å². The van der Waals surface area contributed by atoms with Crippen LogP contribution in [-0.4, -0.2) is 15.9 Å². The summed E-state index contributed by atoms with van der Waals surface area (Å²) in [5, 5.41) is 2.05. The lowest BCUT2D eigenvalue weighted by molar-refractivity contribution is 0.0473. The predicted octanol–water partition coefficient (Wildman–Crippen LogP) is 4.07. The summed E-state index contributed by atoms with van der Waals surface area (Å²) in [4.78, 5) is 19.7. The molecule has 112 valence electrons. The van der Waals surface area contributed by atoms with E-state index in [1.807, 2.05) is 48.5 Å². The van der Waals surface area contributed by atoms with Gasteiger partial charge in [-0.15, -0.1) is 0 Å². The molecule has 0 spiro atoms. The number of esters is 1. The van der Waals surface area contributed by atoms with Crippen molar-refractivity contribution in [2.24, 2.45) is 0 Å². The Balaban J connectivity index is 1.63. The highest BCUT2D eigenvalue weighted by Gasteiger charge is 2.11. The van der Waals surface area contributed by atoms with Crippen molar-refractivity contribution in [1.29, 1.82) is 0 Å². The van der Waals surface area contributed by atoms with E-state index in [1.165, 1.54) is 0 Å². The molecule has 0 aliphatic heterocycles. The van der Waals surface area contributed by atoms with E-state index in [9.17, 15) is 4.79 Å². The smallest absolute Gasteiger partial charge is 0.338 e. The maximum Gasteiger partial charge on any atom is 0.338 e. The number of hydrogen-bond donors (Lipinski definition) is 1. The Labute approximate surface area is 132 Å². The molecule has 0 atom stereocenters. The maximum absolute atomic E-state index is 12.3. The Hall–Kier alpha value is -3.14. The van der Waals surface area contributed by atoms with Crippen LogP contribution >= 0.6 is 0 Å². The van der Waals surface area contributed by atoms with E-state index in [-0.39, 0.29) is 12.6 Å². The first kappa shape index (κ1) is 13.5. The molecule has 1 N–H and O–H groups in total. The number of carbonyl (C=O) groups is 1. The lowest BCUT2D eigenvalue weighted by atomic mass is 10.1. The van der Waals surface area contributed by atoms with Crippen molar-refractivity contribution in [2.45, 2.75) is 6.61 Å². The molecule has 4 rings (SSSR count). The Morgan fingerprint density at radius 2 is 1.87 bits per heavy atom. The predicted molar refractivity (Wildman–Crippen MR) is 89.2 cm³/mol. The number of rotatable bonds is 3. The summed E-state index contributed by atoms with van der Waals surface area (Å²) in [6, 6.07) is 17.1. The van der Waals surface area contributed by atoms with Crippen molar-refractivity contribution >= 4 is 27.8 Å². The summed E-state index contributed by atoms with van der Waals surface area (Å²) in [5.74, 6) is -0.320. The number of nitrogens with one attached hydrogen (secondary N) is 1. The molecule has 4 nitrogen and oxygen atoms in total. The van der Waals surface area contributed by atoms with Gasteiger partial charge in [0.1, 0.15) is 6.61 Å². The quantitative estimate of drug-likeness (QED) is 0.580. The maximum atomic E-state index is 12.3. The zero-order valence-electron chi connectivity index (χ0n) is 12.3. The van der Waals surface area contributed by atoms with Gasteiger partial charge in [0.05, 0.1) is 17.3 Å². The van der Waals surface area contributed by atoms with E-state index in [1.54, 1.807) is 18.5 Å². The first-order valence-electron chi connectivity index (χ1n) is 7.38. The van der Waals surface area contributed by atoms with Gasteiger partial charge in [-0.05, 0) is 29.8 Å². The molecular weight excluding hydrogens is 288 g/mol. The van der Waals surface area contributed by atoms with Crippen molar-refractivity contribution in [3.63, 3.8) is 0 Å². The van der Waals surface area contributed by atoms with E-state index in [2.05, 4.69) is 9.97 Å². The van der Waals surface area contributed by atoms with Gasteiger partial charge in [-0.3, -0.25) is 4.98 Å². The summed E-state index contributed by atoms with van der Waals surface area (Å²) in [7, 11) is 0. The van der Waals surface area contributed by atoms with Crippen LogP contribution in [0, 0.1) is 0 Å². The third-order valence-electron chi connectivity index (χ3n) is 3.85. The van der Waals surface area contributed by atoms with Crippen molar-refractivity contribution in [1.82, 2.24) is 9.97 Å². The summed E-state index contributed by atoms with van der Waals surface area (Å²) in [6.07, 6.45) is 3.53. The number of hydrogen-bond acceptors (Lipinski definition) is 3. The fourth-order valence-electron chi connectivity index (χ4n) is 2.68. The van der Waals surface area contributed by atoms with Gasteiger partial charge < -0.3 is 9.72 Å². The number of aromatic nitrogens is 2. The Kier molecular flexibility index (Phi) is 3.27. The van der Waals surface area contributed by atoms with Crippen molar-refractivity contribution in [2.75, 3.05) is 0 Å². The molecule has 2 aromatic heterocycles. The number of aromatic amines is 1. The average Bonchev–Trinajstić information content (AvgIpc) is 2.98. The van der Waals surface area contributed by atoms with Crippen LogP contribution in [0.25, 0.3) is 21.8 Å². The lowest BCUT2D eigenvalue weighted by Gasteiger charge is -2.05. The van der Waals surface area contributed by atoms with Crippen LogP contribution in [0.4, 0.5) is 0 Å². The normalized spacial score (nSPS) is 11.0. The van der Waals surface area contributed by atoms with Crippen molar-refractivity contribution < 1.29 is 9.53 Å². The molecule has 4 heteroatoms. The molecule has 0 radical (unpaired) electrons. The number of nitrogens with zero attached hydrogens (tertiary/aromatic N) is 1. The first-order valence-corrected chi connectivity index (χ1v) is 7.38. The highest BCUT2D eigenvalue weighted by atomic mass is 16.5. The second-order valence-electron chi connectivity index (χ2n) is 5.37. The molecule has 23 heavy (non-hydrogen) atoms. The Morgan fingerprint density at radius 3 is 2.74 bits per heavy atom. The summed E-state index contributed by atoms with van der Waals surface area (Å²) in [5.41, 5.74) is 3.45. The standard InChI is InChI=1S/C19H14N2O2/c22-19(23-12-13-4-2-1-3-5-13)14-6-7-17-16(10-14)15-8-9-20-11-18(15)21-17/h1-11,21H,12H2. The number of benzene rings is 2. The summed E-state index contributed by atoms with van der Waals surface area (Å²) in [6.45, 7) is 0.273. The van der Waals surface area contributed by atoms with E-state index < -0.39 is 0 Å². The molecule has 2 heterocycles. The van der Waals surface area contributed by atoms with Crippen molar-refractivity contribution in [3.05, 3.63) is 78.1 Å². The highest BCUT2D eigenvalue weighted by Crippen LogP contribution is 2.25. The minimum Gasteiger partial charge on any atom is -0.457 e. The number of H-pyrrole nitrogens is 1. The van der Waals surface area contributed by atoms with Gasteiger partial charge in [-0.2, -0.15) is 0 Å². The fourth-order valence-corrected chi connectivity index (χ4v) is 2.68. The summed E-state index contributed by atoms with van der Waals surface area (Å²) < 4.78 is 5.39. The van der Waals surface area contributed by atoms with Gasteiger partial charge in [0.25, 0.3) is 0 Å². The molecule has 0 bridgehead atoms. The Morgan fingerprint density at radius 1 is 1.00 bits per heavy atom. The first-order chi connectivity index (χ1) is 11.3. The van der Waals surface area contributed by atoms with Gasteiger partial charge in [0, 0.05) is 22.5 Å². The van der Waals surface area contributed by atoms with Gasteiger partial charge in [-0.25, -0.2) is 4.79 Å². The fraction of sp³-hybridized carbons (Fsp3) is 0.0526. The van der Waals surface area contributed by atoms with Crippen LogP contribution in [-0.2, 0) is 11.3 Å². The van der Waals surface area contributed by atoms with E-state index >= 15 is 0 Å². The second kappa shape index (κ2) is 5.57. The van der Waals surface area contributed by atoms with Crippen LogP contribution in [0.1, 0.15) is 15.9 Å². The van der Waals surface area contributed by atoms with Gasteiger partial charge in [0.2, 0.25) is 0 Å². The van der Waals surface area contributed by atoms with Gasteiger partial charge >= 0.3 is 5.97 Å². The van der Waals surface area contributed by atoms with Crippen LogP contribution in [0.15, 0.2) is 67.0 Å². The molecule has 0 amide bonds. The molecule has 0 aliphatic carbocycles. The topological polar surface area (TPSA) is 55.0 Å². The largest absolute Gasteiger partial charge is 0.457 e. The zero-order valence-corrected chi connectivity index (χ0v) is 12.3. The lowest BCUT2D eigenvalue weighted by Crippen LogP contribution is -2.04. The van der Waals surface area contributed by atoms with Gasteiger partial charge in [-0.1, -0.05) is 30.3 Å². The van der Waals surface area contributed by atoms with Crippen LogP contribution in [0.2, 0.25) is 0 Å². The van der Waals surface area contributed by atoms with Gasteiger partial charge in [0.15, 0.2) is 0 Å². The number of carbonyl (C=O) groups excluding carboxylic acids is 1. The molecule has 0 saturated carbocycles. The number of ether oxygens (including phenoxy) is 1. The van der Waals surface area contributed by atoms with E-state index in [0.29, 0.717) is 5.56 Å². The van der Waals surface area contributed by atoms with E-state index in [0.717, 1.165) is 27.4 Å². The molecule has 0 fully saturated rings. The minimum atomic E-state index is -0.320.